The number of hydrogen-bond donors (Lipinski definition) is 2. The topological polar surface area (TPSA) is 41.1 Å². The summed E-state index contributed by atoms with van der Waals surface area (Å²) in [6, 6.07) is 16.1. The summed E-state index contributed by atoms with van der Waals surface area (Å²) in [4.78, 5) is 11.7. The van der Waals surface area contributed by atoms with Crippen molar-refractivity contribution < 1.29 is 4.79 Å². The normalized spacial score (nSPS) is 10.2. The quantitative estimate of drug-likeness (QED) is 0.849. The fraction of sp³-hybridized carbons (Fsp3) is 0.235. The summed E-state index contributed by atoms with van der Waals surface area (Å²) >= 11 is 3.41. The Morgan fingerprint density at radius 2 is 1.81 bits per heavy atom. The average molecular weight is 347 g/mol. The summed E-state index contributed by atoms with van der Waals surface area (Å²) in [6.45, 7) is 3.22. The van der Waals surface area contributed by atoms with Crippen LogP contribution in [-0.4, -0.2) is 12.6 Å². The zero-order chi connectivity index (χ0) is 15.1. The van der Waals surface area contributed by atoms with Crippen LogP contribution in [0.25, 0.3) is 0 Å². The highest BCUT2D eigenvalue weighted by molar-refractivity contribution is 9.10. The van der Waals surface area contributed by atoms with Gasteiger partial charge >= 0.3 is 6.03 Å². The standard InChI is InChI=1S/C17H19BrN2O/c1-13-5-7-14(8-6-13)9-10-19-17(21)20-12-15-3-2-4-16(18)11-15/h2-8,11H,9-10,12H2,1H3,(H2,19,20,21). The number of halogens is 1. The van der Waals surface area contributed by atoms with Crippen molar-refractivity contribution in [3.63, 3.8) is 0 Å². The predicted molar refractivity (Wildman–Crippen MR) is 89.3 cm³/mol. The first-order valence-electron chi connectivity index (χ1n) is 6.95. The molecule has 0 aliphatic rings. The lowest BCUT2D eigenvalue weighted by Gasteiger charge is -2.08. The van der Waals surface area contributed by atoms with Crippen LogP contribution in [0.3, 0.4) is 0 Å². The Balaban J connectivity index is 1.69. The second-order valence-electron chi connectivity index (χ2n) is 4.97. The van der Waals surface area contributed by atoms with Gasteiger partial charge in [0.15, 0.2) is 0 Å². The second-order valence-corrected chi connectivity index (χ2v) is 5.89. The molecule has 0 aliphatic carbocycles. The van der Waals surface area contributed by atoms with Gasteiger partial charge in [-0.2, -0.15) is 0 Å². The second kappa shape index (κ2) is 7.84. The number of urea groups is 1. The number of carbonyl (C=O) groups excluding carboxylic acids is 1. The zero-order valence-electron chi connectivity index (χ0n) is 12.0. The van der Waals surface area contributed by atoms with Crippen LogP contribution in [0.5, 0.6) is 0 Å². The molecule has 0 saturated carbocycles. The summed E-state index contributed by atoms with van der Waals surface area (Å²) in [6.07, 6.45) is 0.838. The average Bonchev–Trinajstić information content (AvgIpc) is 2.47. The fourth-order valence-corrected chi connectivity index (χ4v) is 2.41. The number of aryl methyl sites for hydroxylation is 1. The molecular weight excluding hydrogens is 328 g/mol. The maximum Gasteiger partial charge on any atom is 0.315 e. The van der Waals surface area contributed by atoms with Gasteiger partial charge in [-0.15, -0.1) is 0 Å². The molecule has 0 bridgehead atoms. The predicted octanol–water partition coefficient (Wildman–Crippen LogP) is 3.80. The van der Waals surface area contributed by atoms with E-state index in [4.69, 9.17) is 0 Å². The molecule has 3 nitrogen and oxygen atoms in total. The van der Waals surface area contributed by atoms with Gasteiger partial charge in [-0.1, -0.05) is 57.9 Å². The largest absolute Gasteiger partial charge is 0.338 e. The molecule has 0 heterocycles. The van der Waals surface area contributed by atoms with Crippen LogP contribution in [0.2, 0.25) is 0 Å². The molecule has 0 aliphatic heterocycles. The maximum atomic E-state index is 11.7. The highest BCUT2D eigenvalue weighted by Crippen LogP contribution is 2.11. The lowest BCUT2D eigenvalue weighted by atomic mass is 10.1. The van der Waals surface area contributed by atoms with Gasteiger partial charge in [0.25, 0.3) is 0 Å². The summed E-state index contributed by atoms with van der Waals surface area (Å²) in [7, 11) is 0. The van der Waals surface area contributed by atoms with Crippen LogP contribution < -0.4 is 10.6 Å². The van der Waals surface area contributed by atoms with E-state index in [-0.39, 0.29) is 6.03 Å². The molecule has 0 fully saturated rings. The third-order valence-electron chi connectivity index (χ3n) is 3.16. The van der Waals surface area contributed by atoms with E-state index in [2.05, 4.69) is 57.8 Å². The van der Waals surface area contributed by atoms with Gasteiger partial charge in [0, 0.05) is 17.6 Å². The monoisotopic (exact) mass is 346 g/mol. The van der Waals surface area contributed by atoms with Gasteiger partial charge in [0.1, 0.15) is 0 Å². The molecule has 2 aromatic rings. The maximum absolute atomic E-state index is 11.7. The molecule has 0 spiro atoms. The number of carbonyl (C=O) groups is 1. The Hall–Kier alpha value is -1.81. The summed E-state index contributed by atoms with van der Waals surface area (Å²) < 4.78 is 1.02. The lowest BCUT2D eigenvalue weighted by molar-refractivity contribution is 0.240. The first-order valence-corrected chi connectivity index (χ1v) is 7.74. The van der Waals surface area contributed by atoms with Crippen LogP contribution in [0.15, 0.2) is 53.0 Å². The van der Waals surface area contributed by atoms with Crippen LogP contribution in [-0.2, 0) is 13.0 Å². The van der Waals surface area contributed by atoms with Crippen molar-refractivity contribution in [2.24, 2.45) is 0 Å². The molecule has 2 aromatic carbocycles. The smallest absolute Gasteiger partial charge is 0.315 e. The third kappa shape index (κ3) is 5.60. The molecule has 2 amide bonds. The van der Waals surface area contributed by atoms with E-state index in [0.29, 0.717) is 13.1 Å². The molecule has 0 atom stereocenters. The number of rotatable bonds is 5. The van der Waals surface area contributed by atoms with E-state index in [1.165, 1.54) is 11.1 Å². The molecule has 110 valence electrons. The molecule has 2 rings (SSSR count). The van der Waals surface area contributed by atoms with Crippen LogP contribution >= 0.6 is 15.9 Å². The Labute approximate surface area is 133 Å². The van der Waals surface area contributed by atoms with Crippen LogP contribution in [0.4, 0.5) is 4.79 Å². The van der Waals surface area contributed by atoms with E-state index in [1.807, 2.05) is 24.3 Å². The fourth-order valence-electron chi connectivity index (χ4n) is 1.97. The molecule has 0 unspecified atom stereocenters. The van der Waals surface area contributed by atoms with Crippen molar-refractivity contribution in [2.45, 2.75) is 19.9 Å². The first kappa shape index (κ1) is 15.6. The molecule has 0 radical (unpaired) electrons. The van der Waals surface area contributed by atoms with Gasteiger partial charge in [-0.25, -0.2) is 4.79 Å². The molecule has 0 aromatic heterocycles. The van der Waals surface area contributed by atoms with Crippen molar-refractivity contribution in [1.29, 1.82) is 0 Å². The number of amides is 2. The van der Waals surface area contributed by atoms with Crippen LogP contribution in [0.1, 0.15) is 16.7 Å². The van der Waals surface area contributed by atoms with Crippen molar-refractivity contribution in [3.8, 4) is 0 Å². The molecule has 2 N–H and O–H groups in total. The Morgan fingerprint density at radius 3 is 2.52 bits per heavy atom. The van der Waals surface area contributed by atoms with Crippen molar-refractivity contribution in [1.82, 2.24) is 10.6 Å². The Bertz CT molecular complexity index is 596. The van der Waals surface area contributed by atoms with E-state index < -0.39 is 0 Å². The zero-order valence-corrected chi connectivity index (χ0v) is 13.6. The third-order valence-corrected chi connectivity index (χ3v) is 3.66. The Morgan fingerprint density at radius 1 is 1.05 bits per heavy atom. The lowest BCUT2D eigenvalue weighted by Crippen LogP contribution is -2.36. The molecular formula is C17H19BrN2O. The van der Waals surface area contributed by atoms with Gasteiger partial charge in [0.2, 0.25) is 0 Å². The molecule has 21 heavy (non-hydrogen) atoms. The van der Waals surface area contributed by atoms with E-state index >= 15 is 0 Å². The van der Waals surface area contributed by atoms with Gasteiger partial charge < -0.3 is 10.6 Å². The van der Waals surface area contributed by atoms with Crippen LogP contribution in [0, 0.1) is 6.92 Å². The Kier molecular flexibility index (Phi) is 5.81. The first-order chi connectivity index (χ1) is 10.1. The SMILES string of the molecule is Cc1ccc(CCNC(=O)NCc2cccc(Br)c2)cc1. The highest BCUT2D eigenvalue weighted by atomic mass is 79.9. The van der Waals surface area contributed by atoms with Gasteiger partial charge in [-0.05, 0) is 36.6 Å². The molecule has 4 heteroatoms. The van der Waals surface area contributed by atoms with Crippen molar-refractivity contribution in [3.05, 3.63) is 69.7 Å². The summed E-state index contributed by atoms with van der Waals surface area (Å²) in [5.74, 6) is 0. The minimum Gasteiger partial charge on any atom is -0.338 e. The molecule has 0 saturated heterocycles. The minimum absolute atomic E-state index is 0.137. The van der Waals surface area contributed by atoms with E-state index in [0.717, 1.165) is 16.5 Å². The number of nitrogens with one attached hydrogen (secondary N) is 2. The van der Waals surface area contributed by atoms with Gasteiger partial charge in [-0.3, -0.25) is 0 Å². The van der Waals surface area contributed by atoms with Crippen molar-refractivity contribution in [2.75, 3.05) is 6.54 Å². The summed E-state index contributed by atoms with van der Waals surface area (Å²) in [5, 5.41) is 5.72. The van der Waals surface area contributed by atoms with E-state index in [9.17, 15) is 4.79 Å². The summed E-state index contributed by atoms with van der Waals surface area (Å²) in [5.41, 5.74) is 3.55. The number of hydrogen-bond acceptors (Lipinski definition) is 1. The highest BCUT2D eigenvalue weighted by Gasteiger charge is 2.01. The van der Waals surface area contributed by atoms with E-state index in [1.54, 1.807) is 0 Å². The van der Waals surface area contributed by atoms with Crippen molar-refractivity contribution >= 4 is 22.0 Å². The number of benzene rings is 2. The minimum atomic E-state index is -0.137. The van der Waals surface area contributed by atoms with Gasteiger partial charge in [0.05, 0.1) is 0 Å².